The summed E-state index contributed by atoms with van der Waals surface area (Å²) >= 11 is 1.65. The first-order valence-electron chi connectivity index (χ1n) is 7.92. The van der Waals surface area contributed by atoms with E-state index in [-0.39, 0.29) is 11.3 Å². The molecular formula is C19H18N2OS. The van der Waals surface area contributed by atoms with Gasteiger partial charge in [0, 0.05) is 5.69 Å². The Morgan fingerprint density at radius 1 is 1.17 bits per heavy atom. The lowest BCUT2D eigenvalue weighted by Crippen LogP contribution is -2.45. The number of carbonyl (C=O) groups excluding carboxylic acids is 1. The fourth-order valence-electron chi connectivity index (χ4n) is 3.30. The molecule has 1 heterocycles. The van der Waals surface area contributed by atoms with E-state index in [0.29, 0.717) is 0 Å². The van der Waals surface area contributed by atoms with Crippen molar-refractivity contribution in [3.63, 3.8) is 0 Å². The Labute approximate surface area is 139 Å². The predicted octanol–water partition coefficient (Wildman–Crippen LogP) is 4.67. The van der Waals surface area contributed by atoms with Crippen molar-refractivity contribution in [3.05, 3.63) is 59.1 Å². The van der Waals surface area contributed by atoms with Crippen LogP contribution in [0.15, 0.2) is 48.5 Å². The van der Waals surface area contributed by atoms with Crippen LogP contribution in [0.2, 0.25) is 0 Å². The summed E-state index contributed by atoms with van der Waals surface area (Å²) in [5.41, 5.74) is 2.61. The van der Waals surface area contributed by atoms with Gasteiger partial charge in [-0.05, 0) is 43.5 Å². The Morgan fingerprint density at radius 2 is 1.96 bits per heavy atom. The van der Waals surface area contributed by atoms with Crippen LogP contribution in [0.5, 0.6) is 0 Å². The fraction of sp³-hybridized carbons (Fsp3) is 0.263. The van der Waals surface area contributed by atoms with Gasteiger partial charge in [-0.3, -0.25) is 4.79 Å². The number of hydrogen-bond donors (Lipinski definition) is 1. The molecule has 4 rings (SSSR count). The molecule has 0 unspecified atom stereocenters. The molecule has 1 saturated carbocycles. The van der Waals surface area contributed by atoms with E-state index in [0.717, 1.165) is 45.7 Å². The zero-order valence-corrected chi connectivity index (χ0v) is 13.8. The maximum absolute atomic E-state index is 12.9. The van der Waals surface area contributed by atoms with Crippen LogP contribution in [0.3, 0.4) is 0 Å². The Hall–Kier alpha value is -2.20. The van der Waals surface area contributed by atoms with E-state index in [1.54, 1.807) is 11.3 Å². The number of amides is 1. The average molecular weight is 322 g/mol. The monoisotopic (exact) mass is 322 g/mol. The van der Waals surface area contributed by atoms with Gasteiger partial charge in [0.15, 0.2) is 0 Å². The number of aromatic nitrogens is 1. The molecule has 1 aromatic heterocycles. The second-order valence-corrected chi connectivity index (χ2v) is 7.41. The number of anilines is 1. The molecule has 0 bridgehead atoms. The maximum Gasteiger partial charge on any atom is 0.235 e. The topological polar surface area (TPSA) is 42.0 Å². The number of nitrogens with one attached hydrogen (secondary N) is 1. The smallest absolute Gasteiger partial charge is 0.235 e. The summed E-state index contributed by atoms with van der Waals surface area (Å²) in [7, 11) is 0. The van der Waals surface area contributed by atoms with E-state index < -0.39 is 0 Å². The average Bonchev–Trinajstić information content (AvgIpc) is 2.86. The molecule has 1 aliphatic carbocycles. The SMILES string of the molecule is Cc1nc2ccc(NC(=O)C3(c4ccccc4)CCC3)cc2s1. The second kappa shape index (κ2) is 5.46. The molecule has 23 heavy (non-hydrogen) atoms. The van der Waals surface area contributed by atoms with Crippen molar-refractivity contribution in [2.24, 2.45) is 0 Å². The summed E-state index contributed by atoms with van der Waals surface area (Å²) in [6.45, 7) is 2.00. The molecule has 1 aliphatic rings. The number of rotatable bonds is 3. The van der Waals surface area contributed by atoms with Gasteiger partial charge in [-0.25, -0.2) is 4.98 Å². The van der Waals surface area contributed by atoms with Gasteiger partial charge in [-0.15, -0.1) is 11.3 Å². The predicted molar refractivity (Wildman–Crippen MR) is 95.0 cm³/mol. The van der Waals surface area contributed by atoms with Crippen molar-refractivity contribution in [2.75, 3.05) is 5.32 Å². The summed E-state index contributed by atoms with van der Waals surface area (Å²) in [5, 5.41) is 4.17. The molecule has 0 aliphatic heterocycles. The van der Waals surface area contributed by atoms with Gasteiger partial charge in [0.1, 0.15) is 0 Å². The van der Waals surface area contributed by atoms with Crippen LogP contribution in [0, 0.1) is 6.92 Å². The number of aryl methyl sites for hydroxylation is 1. The number of hydrogen-bond acceptors (Lipinski definition) is 3. The maximum atomic E-state index is 12.9. The molecule has 116 valence electrons. The molecule has 0 radical (unpaired) electrons. The number of thiazole rings is 1. The van der Waals surface area contributed by atoms with Crippen LogP contribution in [0.1, 0.15) is 29.8 Å². The van der Waals surface area contributed by atoms with Gasteiger partial charge in [0.05, 0.1) is 20.6 Å². The highest BCUT2D eigenvalue weighted by atomic mass is 32.1. The third-order valence-corrected chi connectivity index (χ3v) is 5.65. The lowest BCUT2D eigenvalue weighted by atomic mass is 9.64. The van der Waals surface area contributed by atoms with Crippen LogP contribution < -0.4 is 5.32 Å². The van der Waals surface area contributed by atoms with Crippen LogP contribution in [0.25, 0.3) is 10.2 Å². The largest absolute Gasteiger partial charge is 0.325 e. The van der Waals surface area contributed by atoms with Gasteiger partial charge in [0.25, 0.3) is 0 Å². The third kappa shape index (κ3) is 2.43. The van der Waals surface area contributed by atoms with Crippen LogP contribution >= 0.6 is 11.3 Å². The highest BCUT2D eigenvalue weighted by Gasteiger charge is 2.45. The minimum Gasteiger partial charge on any atom is -0.325 e. The molecule has 1 N–H and O–H groups in total. The van der Waals surface area contributed by atoms with Gasteiger partial charge in [0.2, 0.25) is 5.91 Å². The zero-order chi connectivity index (χ0) is 15.9. The van der Waals surface area contributed by atoms with E-state index in [1.165, 1.54) is 0 Å². The summed E-state index contributed by atoms with van der Waals surface area (Å²) in [6.07, 6.45) is 2.95. The van der Waals surface area contributed by atoms with E-state index in [1.807, 2.05) is 43.3 Å². The summed E-state index contributed by atoms with van der Waals surface area (Å²) < 4.78 is 1.11. The Morgan fingerprint density at radius 3 is 2.65 bits per heavy atom. The van der Waals surface area contributed by atoms with Gasteiger partial charge in [-0.2, -0.15) is 0 Å². The first-order valence-corrected chi connectivity index (χ1v) is 8.73. The number of nitrogens with zero attached hydrogens (tertiary/aromatic N) is 1. The van der Waals surface area contributed by atoms with E-state index >= 15 is 0 Å². The van der Waals surface area contributed by atoms with Crippen molar-refractivity contribution in [1.82, 2.24) is 4.98 Å². The second-order valence-electron chi connectivity index (χ2n) is 6.17. The first kappa shape index (κ1) is 14.4. The number of fused-ring (bicyclic) bond motifs is 1. The molecule has 3 aromatic rings. The van der Waals surface area contributed by atoms with Crippen molar-refractivity contribution in [1.29, 1.82) is 0 Å². The van der Waals surface area contributed by atoms with Gasteiger partial charge >= 0.3 is 0 Å². The van der Waals surface area contributed by atoms with Crippen molar-refractivity contribution >= 4 is 33.1 Å². The fourth-order valence-corrected chi connectivity index (χ4v) is 4.17. The van der Waals surface area contributed by atoms with E-state index in [2.05, 4.69) is 22.4 Å². The molecule has 3 nitrogen and oxygen atoms in total. The van der Waals surface area contributed by atoms with Crippen molar-refractivity contribution in [2.45, 2.75) is 31.6 Å². The molecular weight excluding hydrogens is 304 g/mol. The Balaban J connectivity index is 1.63. The van der Waals surface area contributed by atoms with Crippen LogP contribution in [0.4, 0.5) is 5.69 Å². The normalized spacial score (nSPS) is 16.0. The van der Waals surface area contributed by atoms with Gasteiger partial charge in [-0.1, -0.05) is 36.8 Å². The lowest BCUT2D eigenvalue weighted by Gasteiger charge is -2.40. The van der Waals surface area contributed by atoms with Crippen molar-refractivity contribution in [3.8, 4) is 0 Å². The highest BCUT2D eigenvalue weighted by molar-refractivity contribution is 7.18. The lowest BCUT2D eigenvalue weighted by molar-refractivity contribution is -0.124. The minimum absolute atomic E-state index is 0.107. The highest BCUT2D eigenvalue weighted by Crippen LogP contribution is 2.44. The van der Waals surface area contributed by atoms with Crippen LogP contribution in [-0.2, 0) is 10.2 Å². The summed E-state index contributed by atoms with van der Waals surface area (Å²) in [4.78, 5) is 17.4. The van der Waals surface area contributed by atoms with Crippen molar-refractivity contribution < 1.29 is 4.79 Å². The first-order chi connectivity index (χ1) is 11.2. The summed E-state index contributed by atoms with van der Waals surface area (Å²) in [6, 6.07) is 16.1. The number of benzene rings is 2. The zero-order valence-electron chi connectivity index (χ0n) is 13.0. The molecule has 2 aromatic carbocycles. The quantitative estimate of drug-likeness (QED) is 0.761. The van der Waals surface area contributed by atoms with Crippen LogP contribution in [-0.4, -0.2) is 10.9 Å². The molecule has 0 spiro atoms. The molecule has 0 saturated heterocycles. The Kier molecular flexibility index (Phi) is 3.42. The van der Waals surface area contributed by atoms with E-state index in [4.69, 9.17) is 0 Å². The van der Waals surface area contributed by atoms with E-state index in [9.17, 15) is 4.79 Å². The molecule has 4 heteroatoms. The third-order valence-electron chi connectivity index (χ3n) is 4.72. The molecule has 0 atom stereocenters. The Bertz CT molecular complexity index is 865. The summed E-state index contributed by atoms with van der Waals surface area (Å²) in [5.74, 6) is 0.107. The van der Waals surface area contributed by atoms with Gasteiger partial charge < -0.3 is 5.32 Å². The number of carbonyl (C=O) groups is 1. The minimum atomic E-state index is -0.361. The molecule has 1 fully saturated rings. The molecule has 1 amide bonds. The standard InChI is InChI=1S/C19H18N2OS/c1-13-20-16-9-8-15(12-17(16)23-13)21-18(22)19(10-5-11-19)14-6-3-2-4-7-14/h2-4,6-9,12H,5,10-11H2,1H3,(H,21,22).